The van der Waals surface area contributed by atoms with Crippen LogP contribution in [-0.2, 0) is 23.7 Å². The number of hydrogen-bond donors (Lipinski definition) is 2. The molecule has 1 saturated heterocycles. The molecule has 1 aliphatic rings. The normalized spacial score (nSPS) is 20.2. The summed E-state index contributed by atoms with van der Waals surface area (Å²) in [6.45, 7) is 6.11. The molecule has 0 aromatic rings. The number of hydrogen-bond acceptors (Lipinski definition) is 7. The van der Waals surface area contributed by atoms with Crippen molar-refractivity contribution in [2.45, 2.75) is 25.2 Å². The van der Waals surface area contributed by atoms with Crippen molar-refractivity contribution in [3.8, 4) is 0 Å². The smallest absolute Gasteiger partial charge is 0.333 e. The molecule has 0 spiro atoms. The highest BCUT2D eigenvalue weighted by Gasteiger charge is 2.22. The van der Waals surface area contributed by atoms with Gasteiger partial charge in [0.25, 0.3) is 0 Å². The molecule has 3 unspecified atom stereocenters. The lowest BCUT2D eigenvalue weighted by Crippen LogP contribution is -2.28. The molecule has 0 aliphatic carbocycles. The molecule has 1 heterocycles. The maximum absolute atomic E-state index is 11.1. The fourth-order valence-corrected chi connectivity index (χ4v) is 1.23. The molecular formula is C13H22O7. The summed E-state index contributed by atoms with van der Waals surface area (Å²) >= 11 is 0. The summed E-state index contributed by atoms with van der Waals surface area (Å²) in [6.07, 6.45) is -1.54. The minimum atomic E-state index is -0.939. The fraction of sp³-hybridized carbons (Fsp3) is 0.769. The number of aliphatic hydroxyl groups is 2. The first-order valence-electron chi connectivity index (χ1n) is 6.45. The molecule has 0 amide bonds. The Kier molecular flexibility index (Phi) is 7.71. The Balaban J connectivity index is 1.95. The van der Waals surface area contributed by atoms with Crippen LogP contribution in [0.2, 0.25) is 0 Å². The van der Waals surface area contributed by atoms with E-state index in [-0.39, 0.29) is 38.1 Å². The molecule has 2 N–H and O–H groups in total. The molecule has 1 rings (SSSR count). The molecule has 116 valence electrons. The van der Waals surface area contributed by atoms with Crippen molar-refractivity contribution >= 4 is 5.97 Å². The van der Waals surface area contributed by atoms with Crippen molar-refractivity contribution in [3.63, 3.8) is 0 Å². The van der Waals surface area contributed by atoms with Crippen LogP contribution in [0.1, 0.15) is 6.92 Å². The van der Waals surface area contributed by atoms with E-state index in [1.54, 1.807) is 0 Å². The van der Waals surface area contributed by atoms with E-state index in [9.17, 15) is 15.0 Å². The number of carbonyl (C=O) groups excluding carboxylic acids is 1. The third-order valence-corrected chi connectivity index (χ3v) is 2.39. The van der Waals surface area contributed by atoms with Crippen molar-refractivity contribution in [1.82, 2.24) is 0 Å². The Morgan fingerprint density at radius 1 is 1.25 bits per heavy atom. The Bertz CT molecular complexity index is 314. The van der Waals surface area contributed by atoms with Crippen molar-refractivity contribution < 1.29 is 34.0 Å². The van der Waals surface area contributed by atoms with Crippen LogP contribution in [0.3, 0.4) is 0 Å². The molecule has 0 bridgehead atoms. The number of ether oxygens (including phenoxy) is 4. The van der Waals surface area contributed by atoms with E-state index >= 15 is 0 Å². The van der Waals surface area contributed by atoms with Crippen LogP contribution in [0.4, 0.5) is 0 Å². The molecule has 0 saturated carbocycles. The maximum atomic E-state index is 11.1. The zero-order valence-corrected chi connectivity index (χ0v) is 11.6. The van der Waals surface area contributed by atoms with Gasteiger partial charge in [-0.2, -0.15) is 0 Å². The lowest BCUT2D eigenvalue weighted by Gasteiger charge is -2.14. The Morgan fingerprint density at radius 3 is 2.35 bits per heavy atom. The van der Waals surface area contributed by atoms with E-state index in [1.807, 2.05) is 0 Å². The van der Waals surface area contributed by atoms with Gasteiger partial charge in [-0.05, 0) is 6.92 Å². The molecule has 7 nitrogen and oxygen atoms in total. The van der Waals surface area contributed by atoms with Gasteiger partial charge in [-0.1, -0.05) is 6.58 Å². The van der Waals surface area contributed by atoms with Crippen LogP contribution in [-0.4, -0.2) is 74.1 Å². The molecule has 0 radical (unpaired) electrons. The van der Waals surface area contributed by atoms with Crippen LogP contribution in [0.25, 0.3) is 0 Å². The summed E-state index contributed by atoms with van der Waals surface area (Å²) in [4.78, 5) is 11.1. The third-order valence-electron chi connectivity index (χ3n) is 2.39. The van der Waals surface area contributed by atoms with Gasteiger partial charge in [-0.15, -0.1) is 0 Å². The summed E-state index contributed by atoms with van der Waals surface area (Å²) < 4.78 is 20.0. The van der Waals surface area contributed by atoms with E-state index in [4.69, 9.17) is 18.9 Å². The van der Waals surface area contributed by atoms with Gasteiger partial charge in [0.1, 0.15) is 24.9 Å². The van der Waals surface area contributed by atoms with E-state index in [2.05, 4.69) is 6.58 Å². The van der Waals surface area contributed by atoms with E-state index in [1.165, 1.54) is 6.92 Å². The van der Waals surface area contributed by atoms with Crippen molar-refractivity contribution in [3.05, 3.63) is 12.2 Å². The molecule has 7 heteroatoms. The van der Waals surface area contributed by atoms with Gasteiger partial charge in [0.05, 0.1) is 33.0 Å². The molecular weight excluding hydrogens is 268 g/mol. The van der Waals surface area contributed by atoms with E-state index in [0.29, 0.717) is 13.2 Å². The number of aliphatic hydroxyl groups excluding tert-OH is 2. The standard InChI is InChI=1S/C13H22O7/c1-9(2)13(16)20-6-11(15)5-17-3-10(14)4-18-7-12-8-19-12/h10-12,14-15H,1,3-8H2,2H3. The summed E-state index contributed by atoms with van der Waals surface area (Å²) in [5, 5.41) is 19.0. The minimum absolute atomic E-state index is 0.0354. The second-order valence-electron chi connectivity index (χ2n) is 4.72. The predicted molar refractivity (Wildman–Crippen MR) is 69.2 cm³/mol. The third kappa shape index (κ3) is 8.23. The van der Waals surface area contributed by atoms with Crippen LogP contribution in [0.15, 0.2) is 12.2 Å². The van der Waals surface area contributed by atoms with Crippen LogP contribution >= 0.6 is 0 Å². The lowest BCUT2D eigenvalue weighted by molar-refractivity contribution is -0.143. The maximum Gasteiger partial charge on any atom is 0.333 e. The van der Waals surface area contributed by atoms with E-state index in [0.717, 1.165) is 0 Å². The average Bonchev–Trinajstić information content (AvgIpc) is 3.19. The van der Waals surface area contributed by atoms with E-state index < -0.39 is 18.2 Å². The molecule has 0 aromatic carbocycles. The van der Waals surface area contributed by atoms with Gasteiger partial charge < -0.3 is 29.2 Å². The predicted octanol–water partition coefficient (Wildman–Crippen LogP) is -0.740. The number of esters is 1. The molecule has 1 fully saturated rings. The largest absolute Gasteiger partial charge is 0.460 e. The molecule has 0 aromatic heterocycles. The zero-order chi connectivity index (χ0) is 15.0. The molecule has 20 heavy (non-hydrogen) atoms. The second kappa shape index (κ2) is 9.04. The van der Waals surface area contributed by atoms with Gasteiger partial charge in [0.15, 0.2) is 0 Å². The van der Waals surface area contributed by atoms with Crippen LogP contribution in [0.5, 0.6) is 0 Å². The quantitative estimate of drug-likeness (QED) is 0.294. The fourth-order valence-electron chi connectivity index (χ4n) is 1.23. The second-order valence-corrected chi connectivity index (χ2v) is 4.72. The lowest BCUT2D eigenvalue weighted by atomic mass is 10.3. The van der Waals surface area contributed by atoms with Gasteiger partial charge in [0, 0.05) is 5.57 Å². The van der Waals surface area contributed by atoms with Gasteiger partial charge in [-0.25, -0.2) is 4.79 Å². The Hall–Kier alpha value is -0.990. The minimum Gasteiger partial charge on any atom is -0.460 e. The highest BCUT2D eigenvalue weighted by Crippen LogP contribution is 2.08. The summed E-state index contributed by atoms with van der Waals surface area (Å²) in [6, 6.07) is 0. The number of rotatable bonds is 11. The van der Waals surface area contributed by atoms with Crippen molar-refractivity contribution in [2.75, 3.05) is 39.6 Å². The van der Waals surface area contributed by atoms with Crippen LogP contribution in [0, 0.1) is 0 Å². The SMILES string of the molecule is C=C(C)C(=O)OCC(O)COCC(O)COCC1CO1. The first kappa shape index (κ1) is 17.1. The summed E-state index contributed by atoms with van der Waals surface area (Å²) in [5.74, 6) is -0.556. The Labute approximate surface area is 118 Å². The molecule has 1 aliphatic heterocycles. The summed E-state index contributed by atoms with van der Waals surface area (Å²) in [7, 11) is 0. The van der Waals surface area contributed by atoms with Crippen molar-refractivity contribution in [2.24, 2.45) is 0 Å². The van der Waals surface area contributed by atoms with Gasteiger partial charge >= 0.3 is 5.97 Å². The first-order valence-corrected chi connectivity index (χ1v) is 6.45. The highest BCUT2D eigenvalue weighted by molar-refractivity contribution is 5.86. The Morgan fingerprint density at radius 2 is 1.80 bits per heavy atom. The number of carbonyl (C=O) groups is 1. The average molecular weight is 290 g/mol. The topological polar surface area (TPSA) is 97.8 Å². The zero-order valence-electron chi connectivity index (χ0n) is 11.6. The van der Waals surface area contributed by atoms with Gasteiger partial charge in [-0.3, -0.25) is 0 Å². The molecule has 3 atom stereocenters. The van der Waals surface area contributed by atoms with Crippen LogP contribution < -0.4 is 0 Å². The highest BCUT2D eigenvalue weighted by atomic mass is 16.6. The van der Waals surface area contributed by atoms with Crippen molar-refractivity contribution in [1.29, 1.82) is 0 Å². The number of epoxide rings is 1. The van der Waals surface area contributed by atoms with Gasteiger partial charge in [0.2, 0.25) is 0 Å². The monoisotopic (exact) mass is 290 g/mol. The summed E-state index contributed by atoms with van der Waals surface area (Å²) in [5.41, 5.74) is 0.269. The first-order chi connectivity index (χ1) is 9.49.